The number of hydrogen-bond acceptors (Lipinski definition) is 15. The molecular formula is C82H160O17P2. The maximum Gasteiger partial charge on any atom is 0.472 e. The Hall–Kier alpha value is -1.94. The summed E-state index contributed by atoms with van der Waals surface area (Å²) < 4.78 is 68.7. The average Bonchev–Trinajstić information content (AvgIpc) is 0.947. The van der Waals surface area contributed by atoms with Crippen LogP contribution in [0.15, 0.2) is 0 Å². The monoisotopic (exact) mass is 1480 g/mol. The van der Waals surface area contributed by atoms with Crippen molar-refractivity contribution in [2.75, 3.05) is 39.6 Å². The number of esters is 4. The van der Waals surface area contributed by atoms with Crippen LogP contribution >= 0.6 is 15.6 Å². The van der Waals surface area contributed by atoms with Crippen LogP contribution < -0.4 is 0 Å². The van der Waals surface area contributed by atoms with Crippen molar-refractivity contribution in [3.63, 3.8) is 0 Å². The number of unbranched alkanes of at least 4 members (excludes halogenated alkanes) is 45. The highest BCUT2D eigenvalue weighted by Gasteiger charge is 2.30. The van der Waals surface area contributed by atoms with E-state index in [1.165, 1.54) is 218 Å². The standard InChI is InChI=1S/C82H160O17P2/c1-72(2)58-50-42-34-28-22-17-13-11-9-10-12-14-19-25-31-37-46-54-62-79(84)92-68-77(98-82(87)65-57-49-39-33-27-21-24-30-36-44-52-60-74(5)6)70-96-100(88,89)94-66-76(83)67-95-101(90,91)97-71-78(69-93-80(85)63-55-47-41-40-45-53-61-75(7)8)99-81(86)64-56-48-38-32-26-20-16-15-18-23-29-35-43-51-59-73(3)4/h72-78,83H,9-71H2,1-8H3,(H,88,89)(H,90,91)/t76?,77-,78-/m1/s1. The van der Waals surface area contributed by atoms with E-state index in [1.54, 1.807) is 0 Å². The van der Waals surface area contributed by atoms with Gasteiger partial charge >= 0.3 is 39.5 Å². The number of ether oxygens (including phenoxy) is 4. The molecule has 19 heteroatoms. The second kappa shape index (κ2) is 71.0. The Morgan fingerprint density at radius 1 is 0.248 bits per heavy atom. The molecule has 0 saturated heterocycles. The van der Waals surface area contributed by atoms with Gasteiger partial charge in [-0.1, -0.05) is 370 Å². The van der Waals surface area contributed by atoms with Crippen LogP contribution in [0, 0.1) is 23.7 Å². The number of phosphoric acid groups is 2. The maximum atomic E-state index is 13.1. The molecule has 3 unspecified atom stereocenters. The smallest absolute Gasteiger partial charge is 0.462 e. The molecule has 0 radical (unpaired) electrons. The lowest BCUT2D eigenvalue weighted by atomic mass is 10.0. The van der Waals surface area contributed by atoms with E-state index < -0.39 is 97.5 Å². The summed E-state index contributed by atoms with van der Waals surface area (Å²) in [5, 5.41) is 10.6. The van der Waals surface area contributed by atoms with Crippen molar-refractivity contribution in [3.8, 4) is 0 Å². The van der Waals surface area contributed by atoms with Crippen molar-refractivity contribution in [1.29, 1.82) is 0 Å². The van der Waals surface area contributed by atoms with Crippen LogP contribution in [-0.2, 0) is 65.4 Å². The highest BCUT2D eigenvalue weighted by atomic mass is 31.2. The van der Waals surface area contributed by atoms with E-state index in [2.05, 4.69) is 55.4 Å². The molecular weight excluding hydrogens is 1320 g/mol. The Labute approximate surface area is 619 Å². The van der Waals surface area contributed by atoms with Gasteiger partial charge in [0.25, 0.3) is 0 Å². The average molecular weight is 1480 g/mol. The summed E-state index contributed by atoms with van der Waals surface area (Å²) >= 11 is 0. The number of carbonyl (C=O) groups is 4. The molecule has 0 saturated carbocycles. The lowest BCUT2D eigenvalue weighted by Gasteiger charge is -2.21. The molecule has 0 bridgehead atoms. The molecule has 3 N–H and O–H groups in total. The minimum Gasteiger partial charge on any atom is -0.462 e. The second-order valence-corrected chi connectivity index (χ2v) is 34.3. The zero-order valence-corrected chi connectivity index (χ0v) is 68.3. The topological polar surface area (TPSA) is 237 Å². The van der Waals surface area contributed by atoms with E-state index in [9.17, 15) is 43.2 Å². The van der Waals surface area contributed by atoms with Crippen molar-refractivity contribution in [2.45, 2.75) is 440 Å². The van der Waals surface area contributed by atoms with E-state index >= 15 is 0 Å². The molecule has 0 amide bonds. The number of rotatable bonds is 79. The van der Waals surface area contributed by atoms with E-state index in [1.807, 2.05) is 0 Å². The summed E-state index contributed by atoms with van der Waals surface area (Å²) in [7, 11) is -9.92. The summed E-state index contributed by atoms with van der Waals surface area (Å²) in [6.07, 6.45) is 58.5. The largest absolute Gasteiger partial charge is 0.472 e. The molecule has 101 heavy (non-hydrogen) atoms. The Morgan fingerprint density at radius 3 is 0.614 bits per heavy atom. The molecule has 0 spiro atoms. The first-order valence-corrected chi connectivity index (χ1v) is 45.2. The quantitative estimate of drug-likeness (QED) is 0.0222. The summed E-state index contributed by atoms with van der Waals surface area (Å²) in [5.74, 6) is 0.948. The summed E-state index contributed by atoms with van der Waals surface area (Å²) in [4.78, 5) is 73.0. The number of hydrogen-bond donors (Lipinski definition) is 3. The molecule has 0 aromatic carbocycles. The summed E-state index contributed by atoms with van der Waals surface area (Å²) in [5.41, 5.74) is 0. The van der Waals surface area contributed by atoms with Gasteiger partial charge in [-0.05, 0) is 49.4 Å². The molecule has 0 aliphatic heterocycles. The molecule has 0 aromatic rings. The molecule has 0 fully saturated rings. The normalized spacial score (nSPS) is 14.0. The van der Waals surface area contributed by atoms with Crippen LogP contribution in [0.2, 0.25) is 0 Å². The van der Waals surface area contributed by atoms with E-state index in [0.29, 0.717) is 31.6 Å². The van der Waals surface area contributed by atoms with Crippen molar-refractivity contribution < 1.29 is 80.2 Å². The number of carbonyl (C=O) groups excluding carboxylic acids is 4. The van der Waals surface area contributed by atoms with E-state index in [4.69, 9.17) is 37.0 Å². The Morgan fingerprint density at radius 2 is 0.416 bits per heavy atom. The van der Waals surface area contributed by atoms with Gasteiger partial charge in [0.05, 0.1) is 26.4 Å². The molecule has 0 aromatic heterocycles. The minimum absolute atomic E-state index is 0.106. The van der Waals surface area contributed by atoms with Crippen LogP contribution in [0.5, 0.6) is 0 Å². The van der Waals surface area contributed by atoms with Gasteiger partial charge in [0.15, 0.2) is 12.2 Å². The highest BCUT2D eigenvalue weighted by molar-refractivity contribution is 7.47. The molecule has 600 valence electrons. The van der Waals surface area contributed by atoms with Gasteiger partial charge in [-0.25, -0.2) is 9.13 Å². The van der Waals surface area contributed by atoms with Crippen LogP contribution in [0.1, 0.15) is 421 Å². The van der Waals surface area contributed by atoms with Gasteiger partial charge in [-0.3, -0.25) is 37.3 Å². The summed E-state index contributed by atoms with van der Waals surface area (Å²) in [6.45, 7) is 14.2. The third kappa shape index (κ3) is 76.1. The molecule has 0 rings (SSSR count). The van der Waals surface area contributed by atoms with Crippen LogP contribution in [0.4, 0.5) is 0 Å². The van der Waals surface area contributed by atoms with Gasteiger partial charge in [-0.2, -0.15) is 0 Å². The first kappa shape index (κ1) is 99.1. The second-order valence-electron chi connectivity index (χ2n) is 31.4. The Bertz CT molecular complexity index is 1970. The fourth-order valence-corrected chi connectivity index (χ4v) is 14.2. The van der Waals surface area contributed by atoms with E-state index in [0.717, 1.165) is 114 Å². The highest BCUT2D eigenvalue weighted by Crippen LogP contribution is 2.45. The number of aliphatic hydroxyl groups excluding tert-OH is 1. The molecule has 5 atom stereocenters. The van der Waals surface area contributed by atoms with Gasteiger partial charge in [0, 0.05) is 25.7 Å². The lowest BCUT2D eigenvalue weighted by Crippen LogP contribution is -2.30. The molecule has 0 aliphatic rings. The van der Waals surface area contributed by atoms with Crippen LogP contribution in [0.25, 0.3) is 0 Å². The molecule has 0 heterocycles. The third-order valence-electron chi connectivity index (χ3n) is 19.1. The van der Waals surface area contributed by atoms with Gasteiger partial charge < -0.3 is 33.8 Å². The SMILES string of the molecule is CC(C)CCCCCCCCCCCCCCCCCCCCC(=O)OC[C@H](COP(=O)(O)OCC(O)COP(=O)(O)OC[C@@H](COC(=O)CCCCCCCCC(C)C)OC(=O)CCCCCCCCCCCCCCCCC(C)C)OC(=O)CCCCCCCCCCCCCC(C)C. The zero-order valence-electron chi connectivity index (χ0n) is 66.5. The number of aliphatic hydroxyl groups is 1. The van der Waals surface area contributed by atoms with Crippen LogP contribution in [0.3, 0.4) is 0 Å². The molecule has 17 nitrogen and oxygen atoms in total. The Kier molecular flexibility index (Phi) is 69.6. The maximum absolute atomic E-state index is 13.1. The number of phosphoric ester groups is 2. The van der Waals surface area contributed by atoms with Gasteiger partial charge in [-0.15, -0.1) is 0 Å². The van der Waals surface area contributed by atoms with E-state index in [-0.39, 0.29) is 25.7 Å². The Balaban J connectivity index is 5.18. The third-order valence-corrected chi connectivity index (χ3v) is 21.0. The first-order valence-electron chi connectivity index (χ1n) is 42.2. The van der Waals surface area contributed by atoms with Gasteiger partial charge in [0.2, 0.25) is 0 Å². The van der Waals surface area contributed by atoms with Crippen molar-refractivity contribution in [2.24, 2.45) is 23.7 Å². The van der Waals surface area contributed by atoms with Crippen molar-refractivity contribution in [1.82, 2.24) is 0 Å². The van der Waals surface area contributed by atoms with Crippen LogP contribution in [-0.4, -0.2) is 96.7 Å². The fourth-order valence-electron chi connectivity index (χ4n) is 12.6. The molecule has 0 aliphatic carbocycles. The van der Waals surface area contributed by atoms with Crippen molar-refractivity contribution >= 4 is 39.5 Å². The van der Waals surface area contributed by atoms with Crippen molar-refractivity contribution in [3.05, 3.63) is 0 Å². The predicted octanol–water partition coefficient (Wildman–Crippen LogP) is 24.4. The van der Waals surface area contributed by atoms with Gasteiger partial charge in [0.1, 0.15) is 19.3 Å². The fraction of sp³-hybridized carbons (Fsp3) is 0.951. The first-order chi connectivity index (χ1) is 48.6. The predicted molar refractivity (Wildman–Crippen MR) is 414 cm³/mol. The summed E-state index contributed by atoms with van der Waals surface area (Å²) in [6, 6.07) is 0. The minimum atomic E-state index is -4.96. The lowest BCUT2D eigenvalue weighted by molar-refractivity contribution is -0.161. The zero-order chi connectivity index (χ0) is 74.6.